The Morgan fingerprint density at radius 1 is 1.17 bits per heavy atom. The lowest BCUT2D eigenvalue weighted by atomic mass is 10.1. The fourth-order valence-corrected chi connectivity index (χ4v) is 3.26. The van der Waals surface area contributed by atoms with Gasteiger partial charge in [0.1, 0.15) is 23.4 Å². The van der Waals surface area contributed by atoms with Crippen LogP contribution in [0.15, 0.2) is 59.7 Å². The van der Waals surface area contributed by atoms with E-state index in [1.807, 2.05) is 6.07 Å². The molecule has 0 bridgehead atoms. The van der Waals surface area contributed by atoms with Crippen LogP contribution in [0.2, 0.25) is 5.15 Å². The first-order valence-electron chi connectivity index (χ1n) is 8.70. The number of pyridine rings is 2. The highest BCUT2D eigenvalue weighted by Gasteiger charge is 2.21. The van der Waals surface area contributed by atoms with E-state index < -0.39 is 17.2 Å². The number of aromatic nitrogens is 4. The molecule has 0 aliphatic carbocycles. The molecular formula is C21H11ClFN5O2. The second-order valence-electron chi connectivity index (χ2n) is 6.25. The summed E-state index contributed by atoms with van der Waals surface area (Å²) in [7, 11) is 0. The van der Waals surface area contributed by atoms with Gasteiger partial charge in [-0.2, -0.15) is 5.26 Å². The minimum Gasteiger partial charge on any atom is -0.292 e. The highest BCUT2D eigenvalue weighted by Crippen LogP contribution is 2.20. The maximum atomic E-state index is 13.7. The number of halogens is 2. The van der Waals surface area contributed by atoms with Gasteiger partial charge in [0.15, 0.2) is 10.9 Å². The van der Waals surface area contributed by atoms with Crippen molar-refractivity contribution in [1.29, 1.82) is 5.26 Å². The SMILES string of the molecule is N#Cc1cccnc1C(=O)Cc1nc2ccc(F)cc2c(=O)n1-c1cccnc1Cl. The molecule has 0 saturated heterocycles. The van der Waals surface area contributed by atoms with E-state index in [9.17, 15) is 19.2 Å². The predicted octanol–water partition coefficient (Wildman–Crippen LogP) is 3.27. The number of rotatable bonds is 4. The molecule has 4 aromatic rings. The normalized spacial score (nSPS) is 10.7. The van der Waals surface area contributed by atoms with E-state index in [1.165, 1.54) is 30.6 Å². The van der Waals surface area contributed by atoms with E-state index in [0.29, 0.717) is 0 Å². The standard InChI is InChI=1S/C21H11ClFN5O2/c22-20-16(4-2-8-26-20)28-18(10-17(29)19-12(11-24)3-1-7-25-19)27-15-6-5-13(23)9-14(15)21(28)30/h1-9H,10H2. The second kappa shape index (κ2) is 7.81. The average molecular weight is 420 g/mol. The van der Waals surface area contributed by atoms with Crippen LogP contribution in [0.3, 0.4) is 0 Å². The lowest BCUT2D eigenvalue weighted by Gasteiger charge is -2.14. The third-order valence-electron chi connectivity index (χ3n) is 4.39. The summed E-state index contributed by atoms with van der Waals surface area (Å²) in [6.45, 7) is 0. The van der Waals surface area contributed by atoms with Crippen molar-refractivity contribution < 1.29 is 9.18 Å². The van der Waals surface area contributed by atoms with E-state index in [4.69, 9.17) is 11.6 Å². The van der Waals surface area contributed by atoms with Crippen LogP contribution in [-0.4, -0.2) is 25.3 Å². The second-order valence-corrected chi connectivity index (χ2v) is 6.61. The van der Waals surface area contributed by atoms with Gasteiger partial charge in [0.25, 0.3) is 5.56 Å². The maximum absolute atomic E-state index is 13.7. The Morgan fingerprint density at radius 2 is 1.93 bits per heavy atom. The van der Waals surface area contributed by atoms with E-state index >= 15 is 0 Å². The molecule has 146 valence electrons. The van der Waals surface area contributed by atoms with Crippen LogP contribution in [0, 0.1) is 17.1 Å². The summed E-state index contributed by atoms with van der Waals surface area (Å²) in [5.74, 6) is -1.04. The Hall–Kier alpha value is -3.96. The van der Waals surface area contributed by atoms with Gasteiger partial charge in [0, 0.05) is 12.4 Å². The predicted molar refractivity (Wildman–Crippen MR) is 107 cm³/mol. The number of ketones is 1. The number of carbonyl (C=O) groups excluding carboxylic acids is 1. The van der Waals surface area contributed by atoms with Crippen LogP contribution in [0.25, 0.3) is 16.6 Å². The average Bonchev–Trinajstić information content (AvgIpc) is 2.75. The minimum absolute atomic E-state index is 0.0152. The van der Waals surface area contributed by atoms with E-state index in [2.05, 4.69) is 15.0 Å². The number of carbonyl (C=O) groups is 1. The Balaban J connectivity index is 1.95. The summed E-state index contributed by atoms with van der Waals surface area (Å²) in [6.07, 6.45) is 2.51. The zero-order chi connectivity index (χ0) is 21.3. The topological polar surface area (TPSA) is 102 Å². The lowest BCUT2D eigenvalue weighted by molar-refractivity contribution is 0.0985. The number of hydrogen-bond acceptors (Lipinski definition) is 6. The summed E-state index contributed by atoms with van der Waals surface area (Å²) in [4.78, 5) is 38.4. The van der Waals surface area contributed by atoms with Crippen LogP contribution < -0.4 is 5.56 Å². The molecule has 0 amide bonds. The van der Waals surface area contributed by atoms with Gasteiger partial charge >= 0.3 is 0 Å². The molecule has 9 heteroatoms. The van der Waals surface area contributed by atoms with Gasteiger partial charge in [0.2, 0.25) is 0 Å². The van der Waals surface area contributed by atoms with Crippen molar-refractivity contribution >= 4 is 28.3 Å². The highest BCUT2D eigenvalue weighted by molar-refractivity contribution is 6.31. The molecule has 3 heterocycles. The molecule has 0 radical (unpaired) electrons. The fourth-order valence-electron chi connectivity index (χ4n) is 3.06. The fraction of sp³-hybridized carbons (Fsp3) is 0.0476. The summed E-state index contributed by atoms with van der Waals surface area (Å²) < 4.78 is 14.9. The Morgan fingerprint density at radius 3 is 2.70 bits per heavy atom. The molecule has 0 spiro atoms. The molecule has 0 unspecified atom stereocenters. The molecule has 0 atom stereocenters. The molecule has 1 aromatic carbocycles. The quantitative estimate of drug-likeness (QED) is 0.371. The van der Waals surface area contributed by atoms with Gasteiger partial charge in [-0.3, -0.25) is 19.1 Å². The van der Waals surface area contributed by atoms with Gasteiger partial charge in [0.05, 0.1) is 28.6 Å². The van der Waals surface area contributed by atoms with Crippen molar-refractivity contribution in [1.82, 2.24) is 19.5 Å². The molecular weight excluding hydrogens is 409 g/mol. The van der Waals surface area contributed by atoms with Crippen molar-refractivity contribution in [2.45, 2.75) is 6.42 Å². The zero-order valence-corrected chi connectivity index (χ0v) is 16.0. The lowest BCUT2D eigenvalue weighted by Crippen LogP contribution is -2.26. The first-order chi connectivity index (χ1) is 14.5. The van der Waals surface area contributed by atoms with Gasteiger partial charge < -0.3 is 0 Å². The van der Waals surface area contributed by atoms with E-state index in [-0.39, 0.29) is 45.2 Å². The molecule has 3 aromatic heterocycles. The van der Waals surface area contributed by atoms with Crippen molar-refractivity contribution in [3.05, 3.63) is 93.3 Å². The number of hydrogen-bond donors (Lipinski definition) is 0. The van der Waals surface area contributed by atoms with Crippen molar-refractivity contribution in [3.8, 4) is 11.8 Å². The first-order valence-corrected chi connectivity index (χ1v) is 9.08. The van der Waals surface area contributed by atoms with Crippen LogP contribution >= 0.6 is 11.6 Å². The summed E-state index contributed by atoms with van der Waals surface area (Å²) >= 11 is 6.17. The van der Waals surface area contributed by atoms with Gasteiger partial charge in [-0.15, -0.1) is 0 Å². The molecule has 4 rings (SSSR count). The molecule has 7 nitrogen and oxygen atoms in total. The third kappa shape index (κ3) is 3.43. The monoisotopic (exact) mass is 419 g/mol. The van der Waals surface area contributed by atoms with Crippen molar-refractivity contribution in [2.75, 3.05) is 0 Å². The highest BCUT2D eigenvalue weighted by atomic mass is 35.5. The summed E-state index contributed by atoms with van der Waals surface area (Å²) in [5, 5.41) is 9.28. The number of fused-ring (bicyclic) bond motifs is 1. The van der Waals surface area contributed by atoms with Crippen LogP contribution in [0.5, 0.6) is 0 Å². The number of benzene rings is 1. The zero-order valence-electron chi connectivity index (χ0n) is 15.2. The Kier molecular flexibility index (Phi) is 5.04. The molecule has 0 saturated carbocycles. The molecule has 30 heavy (non-hydrogen) atoms. The van der Waals surface area contributed by atoms with E-state index in [0.717, 1.165) is 10.6 Å². The van der Waals surface area contributed by atoms with Crippen LogP contribution in [0.4, 0.5) is 4.39 Å². The number of Topliss-reactive ketones (excluding diaryl/α,β-unsaturated/α-hetero) is 1. The van der Waals surface area contributed by atoms with Crippen LogP contribution in [-0.2, 0) is 6.42 Å². The number of nitrogens with zero attached hydrogens (tertiary/aromatic N) is 5. The molecule has 0 N–H and O–H groups in total. The van der Waals surface area contributed by atoms with Crippen molar-refractivity contribution in [3.63, 3.8) is 0 Å². The maximum Gasteiger partial charge on any atom is 0.266 e. The van der Waals surface area contributed by atoms with Gasteiger partial charge in [-0.25, -0.2) is 14.4 Å². The Bertz CT molecular complexity index is 1410. The summed E-state index contributed by atoms with van der Waals surface area (Å²) in [6, 6.07) is 11.7. The third-order valence-corrected chi connectivity index (χ3v) is 4.68. The summed E-state index contributed by atoms with van der Waals surface area (Å²) in [5.41, 5.74) is -0.0937. The van der Waals surface area contributed by atoms with Crippen molar-refractivity contribution in [2.24, 2.45) is 0 Å². The largest absolute Gasteiger partial charge is 0.292 e. The van der Waals surface area contributed by atoms with E-state index in [1.54, 1.807) is 18.2 Å². The number of nitriles is 1. The van der Waals surface area contributed by atoms with Crippen LogP contribution in [0.1, 0.15) is 21.9 Å². The van der Waals surface area contributed by atoms with Gasteiger partial charge in [-0.1, -0.05) is 11.6 Å². The van der Waals surface area contributed by atoms with Gasteiger partial charge in [-0.05, 0) is 42.5 Å². The molecule has 0 aliphatic rings. The smallest absolute Gasteiger partial charge is 0.266 e. The minimum atomic E-state index is -0.598. The molecule has 0 aliphatic heterocycles. The first kappa shape index (κ1) is 19.4. The Labute approximate surface area is 174 Å². The molecule has 0 fully saturated rings.